The van der Waals surface area contributed by atoms with Crippen molar-refractivity contribution in [2.75, 3.05) is 6.61 Å². The number of hydrogen-bond donors (Lipinski definition) is 1. The first-order chi connectivity index (χ1) is 5.74. The van der Waals surface area contributed by atoms with E-state index in [9.17, 15) is 0 Å². The average molecular weight is 163 g/mol. The van der Waals surface area contributed by atoms with Crippen LogP contribution >= 0.6 is 0 Å². The second-order valence-corrected chi connectivity index (χ2v) is 2.40. The highest BCUT2D eigenvalue weighted by Crippen LogP contribution is 2.21. The number of hydrogen-bond acceptors (Lipinski definition) is 3. The summed E-state index contributed by atoms with van der Waals surface area (Å²) >= 11 is 0. The molecule has 0 bridgehead atoms. The monoisotopic (exact) mass is 163 g/mol. The Morgan fingerprint density at radius 1 is 1.58 bits per heavy atom. The molecule has 62 valence electrons. The Labute approximate surface area is 70.8 Å². The van der Waals surface area contributed by atoms with Gasteiger partial charge in [0.15, 0.2) is 6.61 Å². The SMILES string of the molecule is Cc1cc(OCC#N)ccc1O. The third-order valence-electron chi connectivity index (χ3n) is 1.47. The molecule has 0 amide bonds. The molecule has 0 aromatic heterocycles. The molecule has 1 rings (SSSR count). The van der Waals surface area contributed by atoms with E-state index in [4.69, 9.17) is 15.1 Å². The van der Waals surface area contributed by atoms with Gasteiger partial charge in [-0.2, -0.15) is 5.26 Å². The minimum absolute atomic E-state index is 0.0320. The molecule has 0 saturated heterocycles. The van der Waals surface area contributed by atoms with E-state index in [1.54, 1.807) is 25.1 Å². The molecule has 0 saturated carbocycles. The average Bonchev–Trinajstić information content (AvgIpc) is 2.07. The van der Waals surface area contributed by atoms with Crippen molar-refractivity contribution in [3.8, 4) is 17.6 Å². The van der Waals surface area contributed by atoms with Gasteiger partial charge in [0.05, 0.1) is 0 Å². The molecule has 1 aromatic rings. The Hall–Kier alpha value is -1.69. The second kappa shape index (κ2) is 3.63. The van der Waals surface area contributed by atoms with Crippen LogP contribution < -0.4 is 4.74 Å². The lowest BCUT2D eigenvalue weighted by Gasteiger charge is -2.03. The summed E-state index contributed by atoms with van der Waals surface area (Å²) in [4.78, 5) is 0. The fourth-order valence-electron chi connectivity index (χ4n) is 0.833. The van der Waals surface area contributed by atoms with Crippen LogP contribution in [0.3, 0.4) is 0 Å². The van der Waals surface area contributed by atoms with Gasteiger partial charge in [-0.3, -0.25) is 0 Å². The zero-order valence-electron chi connectivity index (χ0n) is 6.74. The molecule has 12 heavy (non-hydrogen) atoms. The summed E-state index contributed by atoms with van der Waals surface area (Å²) in [6, 6.07) is 6.72. The molecule has 1 aromatic carbocycles. The van der Waals surface area contributed by atoms with Gasteiger partial charge in [0, 0.05) is 0 Å². The van der Waals surface area contributed by atoms with Crippen molar-refractivity contribution < 1.29 is 9.84 Å². The second-order valence-electron chi connectivity index (χ2n) is 2.40. The highest BCUT2D eigenvalue weighted by Gasteiger charge is 1.97. The highest BCUT2D eigenvalue weighted by atomic mass is 16.5. The number of phenols is 1. The van der Waals surface area contributed by atoms with Crippen molar-refractivity contribution in [3.05, 3.63) is 23.8 Å². The maximum atomic E-state index is 9.15. The van der Waals surface area contributed by atoms with E-state index in [1.807, 2.05) is 6.07 Å². The normalized spacial score (nSPS) is 9.00. The first kappa shape index (κ1) is 8.41. The zero-order valence-corrected chi connectivity index (χ0v) is 6.74. The quantitative estimate of drug-likeness (QED) is 0.720. The third-order valence-corrected chi connectivity index (χ3v) is 1.47. The summed E-state index contributed by atoms with van der Waals surface area (Å²) in [7, 11) is 0. The Kier molecular flexibility index (Phi) is 2.54. The fourth-order valence-corrected chi connectivity index (χ4v) is 0.833. The summed E-state index contributed by atoms with van der Waals surface area (Å²) in [6.07, 6.45) is 0. The molecular formula is C9H9NO2. The largest absolute Gasteiger partial charge is 0.508 e. The molecule has 0 fully saturated rings. The predicted molar refractivity (Wildman–Crippen MR) is 44.0 cm³/mol. The van der Waals surface area contributed by atoms with Crippen molar-refractivity contribution >= 4 is 0 Å². The van der Waals surface area contributed by atoms with Crippen LogP contribution in [0, 0.1) is 18.3 Å². The molecule has 0 aliphatic heterocycles. The predicted octanol–water partition coefficient (Wildman–Crippen LogP) is 1.60. The molecule has 0 unspecified atom stereocenters. The van der Waals surface area contributed by atoms with Crippen LogP contribution in [-0.2, 0) is 0 Å². The number of ether oxygens (including phenoxy) is 1. The van der Waals surface area contributed by atoms with E-state index >= 15 is 0 Å². The van der Waals surface area contributed by atoms with Gasteiger partial charge in [0.1, 0.15) is 17.6 Å². The van der Waals surface area contributed by atoms with Gasteiger partial charge in [0.2, 0.25) is 0 Å². The van der Waals surface area contributed by atoms with Crippen molar-refractivity contribution in [2.24, 2.45) is 0 Å². The molecule has 0 aliphatic carbocycles. The minimum Gasteiger partial charge on any atom is -0.508 e. The Morgan fingerprint density at radius 2 is 2.33 bits per heavy atom. The molecule has 0 spiro atoms. The Morgan fingerprint density at radius 3 is 2.92 bits per heavy atom. The van der Waals surface area contributed by atoms with Gasteiger partial charge in [0.25, 0.3) is 0 Å². The molecule has 1 N–H and O–H groups in total. The van der Waals surface area contributed by atoms with Gasteiger partial charge < -0.3 is 9.84 Å². The number of rotatable bonds is 2. The van der Waals surface area contributed by atoms with Gasteiger partial charge in [-0.05, 0) is 30.7 Å². The number of benzene rings is 1. The summed E-state index contributed by atoms with van der Waals surface area (Å²) in [6.45, 7) is 1.80. The fraction of sp³-hybridized carbons (Fsp3) is 0.222. The zero-order chi connectivity index (χ0) is 8.97. The molecule has 3 heteroatoms. The smallest absolute Gasteiger partial charge is 0.174 e. The lowest BCUT2D eigenvalue weighted by Crippen LogP contribution is -1.93. The topological polar surface area (TPSA) is 53.2 Å². The number of phenolic OH excluding ortho intramolecular Hbond substituents is 1. The highest BCUT2D eigenvalue weighted by molar-refractivity contribution is 5.38. The first-order valence-electron chi connectivity index (χ1n) is 3.53. The Bertz CT molecular complexity index is 315. The summed E-state index contributed by atoms with van der Waals surface area (Å²) < 4.78 is 5.02. The first-order valence-corrected chi connectivity index (χ1v) is 3.53. The van der Waals surface area contributed by atoms with Crippen LogP contribution in [0.15, 0.2) is 18.2 Å². The molecular weight excluding hydrogens is 154 g/mol. The standard InChI is InChI=1S/C9H9NO2/c1-7-6-8(12-5-4-10)2-3-9(7)11/h2-3,6,11H,5H2,1H3. The number of nitrogens with zero attached hydrogens (tertiary/aromatic N) is 1. The molecule has 0 radical (unpaired) electrons. The van der Waals surface area contributed by atoms with E-state index in [0.29, 0.717) is 5.75 Å². The molecule has 0 atom stereocenters. The van der Waals surface area contributed by atoms with Crippen LogP contribution in [0.25, 0.3) is 0 Å². The van der Waals surface area contributed by atoms with Gasteiger partial charge in [-0.25, -0.2) is 0 Å². The van der Waals surface area contributed by atoms with Crippen molar-refractivity contribution in [1.29, 1.82) is 5.26 Å². The molecule has 3 nitrogen and oxygen atoms in total. The number of aryl methyl sites for hydroxylation is 1. The van der Waals surface area contributed by atoms with E-state index in [-0.39, 0.29) is 12.4 Å². The Balaban J connectivity index is 2.77. The minimum atomic E-state index is 0.0320. The van der Waals surface area contributed by atoms with E-state index < -0.39 is 0 Å². The number of aromatic hydroxyl groups is 1. The maximum Gasteiger partial charge on any atom is 0.174 e. The van der Waals surface area contributed by atoms with Crippen LogP contribution in [-0.4, -0.2) is 11.7 Å². The van der Waals surface area contributed by atoms with Crippen LogP contribution in [0.2, 0.25) is 0 Å². The maximum absolute atomic E-state index is 9.15. The van der Waals surface area contributed by atoms with Crippen LogP contribution in [0.5, 0.6) is 11.5 Å². The lowest BCUT2D eigenvalue weighted by molar-refractivity contribution is 0.366. The van der Waals surface area contributed by atoms with Gasteiger partial charge in [-0.1, -0.05) is 0 Å². The van der Waals surface area contributed by atoms with Crippen molar-refractivity contribution in [1.82, 2.24) is 0 Å². The van der Waals surface area contributed by atoms with E-state index in [0.717, 1.165) is 5.56 Å². The summed E-state index contributed by atoms with van der Waals surface area (Å²) in [5.41, 5.74) is 0.741. The number of nitriles is 1. The van der Waals surface area contributed by atoms with Crippen LogP contribution in [0.1, 0.15) is 5.56 Å². The lowest BCUT2D eigenvalue weighted by atomic mass is 10.2. The molecule has 0 aliphatic rings. The van der Waals surface area contributed by atoms with Gasteiger partial charge in [-0.15, -0.1) is 0 Å². The van der Waals surface area contributed by atoms with Crippen molar-refractivity contribution in [3.63, 3.8) is 0 Å². The van der Waals surface area contributed by atoms with Crippen molar-refractivity contribution in [2.45, 2.75) is 6.92 Å². The van der Waals surface area contributed by atoms with E-state index in [2.05, 4.69) is 0 Å². The van der Waals surface area contributed by atoms with Crippen LogP contribution in [0.4, 0.5) is 0 Å². The third kappa shape index (κ3) is 1.89. The van der Waals surface area contributed by atoms with E-state index in [1.165, 1.54) is 0 Å². The molecule has 0 heterocycles. The van der Waals surface area contributed by atoms with Gasteiger partial charge >= 0.3 is 0 Å². The summed E-state index contributed by atoms with van der Waals surface area (Å²) in [5, 5.41) is 17.4. The summed E-state index contributed by atoms with van der Waals surface area (Å²) in [5.74, 6) is 0.839.